The zero-order chi connectivity index (χ0) is 70.4. The highest BCUT2D eigenvalue weighted by Crippen LogP contribution is 2.25. The Balaban J connectivity index is 0.000000624. The van der Waals surface area contributed by atoms with Gasteiger partial charge in [0.05, 0.1) is 38.9 Å². The topological polar surface area (TPSA) is 262 Å². The van der Waals surface area contributed by atoms with E-state index in [4.69, 9.17) is 39.3 Å². The Hall–Kier alpha value is -7.93. The molecule has 92 heavy (non-hydrogen) atoms. The minimum Gasteiger partial charge on any atom is -0.480 e. The van der Waals surface area contributed by atoms with E-state index in [0.29, 0.717) is 26.0 Å². The molecule has 0 aromatic heterocycles. The van der Waals surface area contributed by atoms with Crippen LogP contribution in [0.4, 0.5) is 0 Å². The van der Waals surface area contributed by atoms with Gasteiger partial charge in [-0.25, -0.2) is 0 Å². The molecule has 4 aromatic rings. The molecule has 0 saturated heterocycles. The number of carboxylic acid groups (broad SMARTS) is 1. The fraction of sp³-hybridized carbons (Fsp3) is 0.548. The Labute approximate surface area is 547 Å². The number of ether oxygens (including phenoxy) is 6. The molecule has 2 amide bonds. The first-order chi connectivity index (χ1) is 42.4. The fourth-order valence-electron chi connectivity index (χ4n) is 8.74. The summed E-state index contributed by atoms with van der Waals surface area (Å²) >= 11 is 0. The van der Waals surface area contributed by atoms with Crippen LogP contribution in [-0.2, 0) is 123 Å². The van der Waals surface area contributed by atoms with E-state index in [1.165, 1.54) is 9.80 Å². The van der Waals surface area contributed by atoms with E-state index >= 15 is 0 Å². The van der Waals surface area contributed by atoms with Crippen molar-refractivity contribution in [3.63, 3.8) is 0 Å². The van der Waals surface area contributed by atoms with E-state index in [1.807, 2.05) is 135 Å². The van der Waals surface area contributed by atoms with Crippen molar-refractivity contribution in [3.8, 4) is 0 Å². The summed E-state index contributed by atoms with van der Waals surface area (Å²) < 4.78 is 31.3. The van der Waals surface area contributed by atoms with E-state index in [2.05, 4.69) is 0 Å². The van der Waals surface area contributed by atoms with Crippen molar-refractivity contribution in [1.29, 1.82) is 0 Å². The summed E-state index contributed by atoms with van der Waals surface area (Å²) in [4.78, 5) is 111. The molecule has 4 rings (SSSR count). The molecule has 0 atom stereocenters. The number of esters is 6. The summed E-state index contributed by atoms with van der Waals surface area (Å²) in [6.45, 7) is 37.1. The van der Waals surface area contributed by atoms with Gasteiger partial charge in [-0.3, -0.25) is 43.2 Å². The van der Waals surface area contributed by atoms with Crippen molar-refractivity contribution in [2.24, 2.45) is 16.6 Å². The molecule has 0 aliphatic carbocycles. The van der Waals surface area contributed by atoms with Crippen LogP contribution < -0.4 is 5.73 Å². The molecule has 0 spiro atoms. The molecule has 0 saturated carbocycles. The summed E-state index contributed by atoms with van der Waals surface area (Å²) in [5, 5.41) is 9.15. The molecule has 0 radical (unpaired) electrons. The molecule has 0 bridgehead atoms. The third-order valence-corrected chi connectivity index (χ3v) is 12.4. The Morgan fingerprint density at radius 2 is 0.652 bits per heavy atom. The molecule has 0 heterocycles. The van der Waals surface area contributed by atoms with Crippen LogP contribution in [0.2, 0.25) is 0 Å². The second-order valence-electron chi connectivity index (χ2n) is 28.0. The predicted octanol–water partition coefficient (Wildman–Crippen LogP) is 12.0. The van der Waals surface area contributed by atoms with Crippen LogP contribution in [0, 0.1) is 10.8 Å². The number of rotatable bonds is 23. The number of hydrogen-bond acceptors (Lipinski definition) is 16. The lowest BCUT2D eigenvalue weighted by Crippen LogP contribution is -2.42. The standard InChI is InChI=1S/C22H33NO5.C20H29NO5.C18H26O4.C13H19NO2/c1-8-27-19(25)15-23(20(26)21(2,3)4)14-17-12-10-9-11-16(17)13-18(24)28-22(5,6)7;1-19(2,3)18(25)21(13-16(22)23)12-15-10-8-7-9-14(15)11-17(24)26-20(4,5)6;1-5-21-16(19)12-8-11-14-9-6-7-10-15(14)13-17(20)22-18(2,3)4;1-13(2,3)16-12(15)8-10-6-4-5-7-11(10)9-14/h9-12H,8,13-15H2,1-7H3;7-10H,11-13H2,1-6H3,(H,22,23);6-7,9-10H,5,8,11-13H2,1-4H3;4-7H,8-9,14H2,1-3H3. The van der Waals surface area contributed by atoms with Crippen molar-refractivity contribution >= 4 is 53.6 Å². The normalized spacial score (nSPS) is 11.5. The first-order valence-corrected chi connectivity index (χ1v) is 31.3. The molecule has 510 valence electrons. The van der Waals surface area contributed by atoms with Crippen molar-refractivity contribution in [1.82, 2.24) is 9.80 Å². The van der Waals surface area contributed by atoms with Gasteiger partial charge in [0, 0.05) is 36.9 Å². The highest BCUT2D eigenvalue weighted by molar-refractivity contribution is 5.86. The highest BCUT2D eigenvalue weighted by atomic mass is 16.6. The fourth-order valence-corrected chi connectivity index (χ4v) is 8.74. The summed E-state index contributed by atoms with van der Waals surface area (Å²) in [7, 11) is 0. The predicted molar refractivity (Wildman–Crippen MR) is 355 cm³/mol. The minimum absolute atomic E-state index is 0.0675. The van der Waals surface area contributed by atoms with Gasteiger partial charge in [-0.05, 0) is 154 Å². The summed E-state index contributed by atoms with van der Waals surface area (Å²) in [6, 6.07) is 30.0. The van der Waals surface area contributed by atoms with Crippen molar-refractivity contribution < 1.29 is 76.7 Å². The maximum atomic E-state index is 12.9. The zero-order valence-electron chi connectivity index (χ0n) is 58.7. The van der Waals surface area contributed by atoms with Gasteiger partial charge in [-0.1, -0.05) is 139 Å². The molecule has 3 N–H and O–H groups in total. The number of aryl methyl sites for hydroxylation is 1. The van der Waals surface area contributed by atoms with E-state index in [1.54, 1.807) is 100 Å². The minimum atomic E-state index is -1.08. The molecule has 0 aliphatic rings. The first-order valence-electron chi connectivity index (χ1n) is 31.3. The number of carboxylic acids is 1. The van der Waals surface area contributed by atoms with Gasteiger partial charge in [0.1, 0.15) is 35.5 Å². The molecule has 19 heteroatoms. The van der Waals surface area contributed by atoms with Gasteiger partial charge in [-0.15, -0.1) is 0 Å². The third kappa shape index (κ3) is 36.2. The maximum Gasteiger partial charge on any atom is 0.325 e. The monoisotopic (exact) mass is 1280 g/mol. The van der Waals surface area contributed by atoms with Crippen LogP contribution in [0.1, 0.15) is 196 Å². The molecule has 0 fully saturated rings. The van der Waals surface area contributed by atoms with Crippen molar-refractivity contribution in [3.05, 3.63) is 142 Å². The highest BCUT2D eigenvalue weighted by Gasteiger charge is 2.32. The first kappa shape index (κ1) is 82.1. The number of carbonyl (C=O) groups excluding carboxylic acids is 8. The Bertz CT molecular complexity index is 3030. The number of aliphatic carboxylic acids is 1. The van der Waals surface area contributed by atoms with Gasteiger partial charge in [-0.2, -0.15) is 0 Å². The number of carbonyl (C=O) groups is 9. The Morgan fingerprint density at radius 1 is 0.380 bits per heavy atom. The second kappa shape index (κ2) is 38.2. The summed E-state index contributed by atoms with van der Waals surface area (Å²) in [5.74, 6) is -3.27. The van der Waals surface area contributed by atoms with Gasteiger partial charge in [0.15, 0.2) is 0 Å². The van der Waals surface area contributed by atoms with Crippen molar-refractivity contribution in [2.75, 3.05) is 26.3 Å². The molecule has 19 nitrogen and oxygen atoms in total. The van der Waals surface area contributed by atoms with E-state index < -0.39 is 51.7 Å². The average molecular weight is 1280 g/mol. The van der Waals surface area contributed by atoms with Crippen molar-refractivity contribution in [2.45, 2.75) is 225 Å². The maximum absolute atomic E-state index is 12.9. The molecule has 4 aromatic carbocycles. The Morgan fingerprint density at radius 3 is 0.946 bits per heavy atom. The number of amides is 2. The van der Waals surface area contributed by atoms with Gasteiger partial charge in [0.2, 0.25) is 11.8 Å². The van der Waals surface area contributed by atoms with Crippen LogP contribution in [0.25, 0.3) is 0 Å². The van der Waals surface area contributed by atoms with Gasteiger partial charge < -0.3 is 49.1 Å². The Kier molecular flexibility index (Phi) is 34.1. The summed E-state index contributed by atoms with van der Waals surface area (Å²) in [5.41, 5.74) is 9.20. The van der Waals surface area contributed by atoms with E-state index in [-0.39, 0.29) is 93.6 Å². The van der Waals surface area contributed by atoms with Crippen LogP contribution in [0.5, 0.6) is 0 Å². The number of nitrogens with zero attached hydrogens (tertiary/aromatic N) is 2. The molecule has 0 unspecified atom stereocenters. The third-order valence-electron chi connectivity index (χ3n) is 12.4. The number of benzene rings is 4. The largest absolute Gasteiger partial charge is 0.480 e. The van der Waals surface area contributed by atoms with E-state index in [0.717, 1.165) is 50.9 Å². The van der Waals surface area contributed by atoms with Gasteiger partial charge >= 0.3 is 41.8 Å². The lowest BCUT2D eigenvalue weighted by Gasteiger charge is -2.29. The summed E-state index contributed by atoms with van der Waals surface area (Å²) in [6.07, 6.45) is 2.57. The SMILES string of the molecule is CC(C)(C)OC(=O)Cc1ccccc1CN.CC(C)(C)OC(=O)Cc1ccccc1CN(CC(=O)O)C(=O)C(C)(C)C.CCOC(=O)CCCc1ccccc1CC(=O)OC(C)(C)C.CCOC(=O)CN(Cc1ccccc1CC(=O)OC(C)(C)C)C(=O)C(C)(C)C. The van der Waals surface area contributed by atoms with Crippen LogP contribution in [0.3, 0.4) is 0 Å². The number of hydrogen-bond donors (Lipinski definition) is 2. The molecule has 0 aliphatic heterocycles. The lowest BCUT2D eigenvalue weighted by molar-refractivity contribution is -0.155. The lowest BCUT2D eigenvalue weighted by atomic mass is 9.94. The zero-order valence-corrected chi connectivity index (χ0v) is 58.7. The molecular formula is C73H107N3O16. The number of nitrogens with two attached hydrogens (primary N) is 1. The smallest absolute Gasteiger partial charge is 0.325 e. The molecular weight excluding hydrogens is 1170 g/mol. The quantitative estimate of drug-likeness (QED) is 0.0516. The van der Waals surface area contributed by atoms with Gasteiger partial charge in [0.25, 0.3) is 0 Å². The average Bonchev–Trinajstić information content (AvgIpc) is 0.872. The van der Waals surface area contributed by atoms with Crippen LogP contribution >= 0.6 is 0 Å². The van der Waals surface area contributed by atoms with E-state index in [9.17, 15) is 43.2 Å². The van der Waals surface area contributed by atoms with Crippen LogP contribution in [0.15, 0.2) is 97.1 Å². The second-order valence-corrected chi connectivity index (χ2v) is 28.0. The van der Waals surface area contributed by atoms with Crippen LogP contribution in [-0.4, -0.2) is 117 Å².